The summed E-state index contributed by atoms with van der Waals surface area (Å²) in [4.78, 5) is 2.43. The predicted molar refractivity (Wildman–Crippen MR) is 89.1 cm³/mol. The van der Waals surface area contributed by atoms with Gasteiger partial charge in [-0.1, -0.05) is 42.5 Å². The second-order valence-electron chi connectivity index (χ2n) is 5.46. The average Bonchev–Trinajstić information content (AvgIpc) is 2.97. The molecule has 0 aromatic heterocycles. The molecule has 0 atom stereocenters. The van der Waals surface area contributed by atoms with Crippen LogP contribution in [0.5, 0.6) is 11.5 Å². The molecule has 114 valence electrons. The molecule has 0 fully saturated rings. The van der Waals surface area contributed by atoms with E-state index in [4.69, 9.17) is 9.47 Å². The van der Waals surface area contributed by atoms with Gasteiger partial charge < -0.3 is 9.47 Å². The third kappa shape index (κ3) is 3.15. The van der Waals surface area contributed by atoms with Gasteiger partial charge in [0.05, 0.1) is 14.2 Å². The van der Waals surface area contributed by atoms with E-state index in [2.05, 4.69) is 41.3 Å². The zero-order chi connectivity index (χ0) is 15.4. The van der Waals surface area contributed by atoms with E-state index in [1.807, 2.05) is 18.2 Å². The minimum Gasteiger partial charge on any atom is -0.493 e. The molecule has 3 heteroatoms. The van der Waals surface area contributed by atoms with Crippen LogP contribution in [0.2, 0.25) is 0 Å². The van der Waals surface area contributed by atoms with Gasteiger partial charge >= 0.3 is 0 Å². The average molecular weight is 295 g/mol. The Morgan fingerprint density at radius 1 is 0.955 bits per heavy atom. The van der Waals surface area contributed by atoms with Crippen LogP contribution in [0.15, 0.2) is 48.5 Å². The number of ether oxygens (including phenoxy) is 2. The largest absolute Gasteiger partial charge is 0.493 e. The molecule has 1 aliphatic rings. The molecule has 2 aromatic rings. The molecule has 2 aromatic carbocycles. The molecule has 1 heterocycles. The van der Waals surface area contributed by atoms with E-state index in [-0.39, 0.29) is 0 Å². The van der Waals surface area contributed by atoms with Crippen molar-refractivity contribution in [1.29, 1.82) is 0 Å². The van der Waals surface area contributed by atoms with Gasteiger partial charge in [0.1, 0.15) is 0 Å². The van der Waals surface area contributed by atoms with Crippen LogP contribution >= 0.6 is 0 Å². The molecule has 0 saturated heterocycles. The fraction of sp³-hybridized carbons (Fsp3) is 0.263. The van der Waals surface area contributed by atoms with Gasteiger partial charge in [-0.15, -0.1) is 0 Å². The van der Waals surface area contributed by atoms with E-state index >= 15 is 0 Å². The van der Waals surface area contributed by atoms with E-state index in [0.29, 0.717) is 0 Å². The summed E-state index contributed by atoms with van der Waals surface area (Å²) in [5.41, 5.74) is 4.01. The highest BCUT2D eigenvalue weighted by molar-refractivity contribution is 5.56. The lowest BCUT2D eigenvalue weighted by Gasteiger charge is -2.11. The summed E-state index contributed by atoms with van der Waals surface area (Å²) in [7, 11) is 3.31. The Morgan fingerprint density at radius 3 is 2.27 bits per heavy atom. The zero-order valence-electron chi connectivity index (χ0n) is 13.1. The maximum absolute atomic E-state index is 5.33. The second-order valence-corrected chi connectivity index (χ2v) is 5.46. The highest BCUT2D eigenvalue weighted by Gasteiger charge is 2.16. The first kappa shape index (κ1) is 14.7. The zero-order valence-corrected chi connectivity index (χ0v) is 13.1. The lowest BCUT2D eigenvalue weighted by Crippen LogP contribution is -2.15. The van der Waals surface area contributed by atoms with Crippen molar-refractivity contribution in [2.75, 3.05) is 20.8 Å². The molecule has 0 amide bonds. The van der Waals surface area contributed by atoms with E-state index in [0.717, 1.165) is 36.7 Å². The highest BCUT2D eigenvalue weighted by atomic mass is 16.5. The Kier molecular flexibility index (Phi) is 4.45. The summed E-state index contributed by atoms with van der Waals surface area (Å²) in [6, 6.07) is 14.6. The number of hydrogen-bond donors (Lipinski definition) is 0. The molecule has 0 unspecified atom stereocenters. The van der Waals surface area contributed by atoms with Gasteiger partial charge in [0.25, 0.3) is 0 Å². The van der Waals surface area contributed by atoms with E-state index in [1.165, 1.54) is 11.1 Å². The summed E-state index contributed by atoms with van der Waals surface area (Å²) < 4.78 is 10.6. The third-order valence-electron chi connectivity index (χ3n) is 3.99. The highest BCUT2D eigenvalue weighted by Crippen LogP contribution is 2.28. The van der Waals surface area contributed by atoms with Crippen LogP contribution in [0.3, 0.4) is 0 Å². The minimum atomic E-state index is 0.759. The number of rotatable bonds is 5. The molecule has 3 rings (SSSR count). The molecular weight excluding hydrogens is 274 g/mol. The molecule has 1 aliphatic heterocycles. The van der Waals surface area contributed by atoms with Crippen molar-refractivity contribution >= 4 is 6.08 Å². The van der Waals surface area contributed by atoms with Gasteiger partial charge in [0.15, 0.2) is 11.5 Å². The van der Waals surface area contributed by atoms with Gasteiger partial charge in [-0.3, -0.25) is 4.90 Å². The van der Waals surface area contributed by atoms with Crippen LogP contribution < -0.4 is 9.47 Å². The van der Waals surface area contributed by atoms with Crippen LogP contribution in [0, 0.1) is 0 Å². The van der Waals surface area contributed by atoms with E-state index < -0.39 is 0 Å². The molecular formula is C19H21NO2. The summed E-state index contributed by atoms with van der Waals surface area (Å²) in [6.45, 7) is 3.02. The Balaban J connectivity index is 1.62. The van der Waals surface area contributed by atoms with E-state index in [9.17, 15) is 0 Å². The molecule has 0 bridgehead atoms. The maximum Gasteiger partial charge on any atom is 0.161 e. The van der Waals surface area contributed by atoms with Crippen LogP contribution in [0.4, 0.5) is 0 Å². The minimum absolute atomic E-state index is 0.759. The maximum atomic E-state index is 5.33. The number of hydrogen-bond acceptors (Lipinski definition) is 3. The molecule has 3 nitrogen and oxygen atoms in total. The fourth-order valence-corrected chi connectivity index (χ4v) is 2.83. The van der Waals surface area contributed by atoms with E-state index in [1.54, 1.807) is 14.2 Å². The second kappa shape index (κ2) is 6.67. The van der Waals surface area contributed by atoms with Crippen molar-refractivity contribution in [2.24, 2.45) is 0 Å². The monoisotopic (exact) mass is 295 g/mol. The molecule has 0 aliphatic carbocycles. The Morgan fingerprint density at radius 2 is 1.64 bits per heavy atom. The summed E-state index contributed by atoms with van der Waals surface area (Å²) >= 11 is 0. The van der Waals surface area contributed by atoms with Crippen molar-refractivity contribution in [3.8, 4) is 11.5 Å². The first-order valence-electron chi connectivity index (χ1n) is 7.48. The molecule has 0 spiro atoms. The van der Waals surface area contributed by atoms with Crippen LogP contribution in [0.25, 0.3) is 6.08 Å². The van der Waals surface area contributed by atoms with Crippen molar-refractivity contribution < 1.29 is 9.47 Å². The topological polar surface area (TPSA) is 21.7 Å². The molecule has 22 heavy (non-hydrogen) atoms. The van der Waals surface area contributed by atoms with Gasteiger partial charge in [-0.25, -0.2) is 0 Å². The molecule has 0 radical (unpaired) electrons. The molecule has 0 N–H and O–H groups in total. The number of nitrogens with zero attached hydrogens (tertiary/aromatic N) is 1. The fourth-order valence-electron chi connectivity index (χ4n) is 2.83. The van der Waals surface area contributed by atoms with Crippen LogP contribution in [-0.2, 0) is 13.1 Å². The Bertz CT molecular complexity index is 654. The Hall–Kier alpha value is -2.26. The summed E-state index contributed by atoms with van der Waals surface area (Å²) in [5.74, 6) is 1.52. The lowest BCUT2D eigenvalue weighted by atomic mass is 10.1. The summed E-state index contributed by atoms with van der Waals surface area (Å²) in [5, 5.41) is 0. The van der Waals surface area contributed by atoms with Crippen molar-refractivity contribution in [3.63, 3.8) is 0 Å². The Labute approximate surface area is 131 Å². The summed E-state index contributed by atoms with van der Waals surface area (Å²) in [6.07, 6.45) is 4.33. The number of fused-ring (bicyclic) bond motifs is 1. The lowest BCUT2D eigenvalue weighted by molar-refractivity contribution is 0.317. The van der Waals surface area contributed by atoms with Crippen molar-refractivity contribution in [2.45, 2.75) is 13.1 Å². The number of benzene rings is 2. The number of methoxy groups -OCH3 is 2. The van der Waals surface area contributed by atoms with Gasteiger partial charge in [0, 0.05) is 19.6 Å². The van der Waals surface area contributed by atoms with Crippen molar-refractivity contribution in [3.05, 3.63) is 65.2 Å². The SMILES string of the molecule is COc1ccc(C=CCN2Cc3ccccc3C2)cc1OC. The quantitative estimate of drug-likeness (QED) is 0.839. The normalized spacial score (nSPS) is 14.3. The van der Waals surface area contributed by atoms with Gasteiger partial charge in [-0.2, -0.15) is 0 Å². The first-order valence-corrected chi connectivity index (χ1v) is 7.48. The third-order valence-corrected chi connectivity index (χ3v) is 3.99. The standard InChI is InChI=1S/C19H21NO2/c1-21-18-10-9-15(12-19(18)22-2)6-5-11-20-13-16-7-3-4-8-17(16)14-20/h3-10,12H,11,13-14H2,1-2H3. The van der Waals surface area contributed by atoms with Crippen LogP contribution in [-0.4, -0.2) is 25.7 Å². The predicted octanol–water partition coefficient (Wildman–Crippen LogP) is 3.73. The molecule has 0 saturated carbocycles. The van der Waals surface area contributed by atoms with Crippen LogP contribution in [0.1, 0.15) is 16.7 Å². The smallest absolute Gasteiger partial charge is 0.161 e. The first-order chi connectivity index (χ1) is 10.8. The van der Waals surface area contributed by atoms with Gasteiger partial charge in [-0.05, 0) is 28.8 Å². The van der Waals surface area contributed by atoms with Gasteiger partial charge in [0.2, 0.25) is 0 Å². The van der Waals surface area contributed by atoms with Crippen molar-refractivity contribution in [1.82, 2.24) is 4.90 Å².